The lowest BCUT2D eigenvalue weighted by Crippen LogP contribution is -2.45. The van der Waals surface area contributed by atoms with Crippen molar-refractivity contribution in [2.24, 2.45) is 4.99 Å². The quantitative estimate of drug-likeness (QED) is 0.590. The monoisotopic (exact) mass is 378 g/mol. The minimum atomic E-state index is -0.118. The summed E-state index contributed by atoms with van der Waals surface area (Å²) in [6.07, 6.45) is 1.52. The minimum Gasteiger partial charge on any atom is -0.357 e. The maximum absolute atomic E-state index is 11.9. The van der Waals surface area contributed by atoms with Crippen LogP contribution in [0.2, 0.25) is 5.02 Å². The summed E-state index contributed by atoms with van der Waals surface area (Å²) in [5, 5.41) is 7.54. The van der Waals surface area contributed by atoms with Gasteiger partial charge in [0.05, 0.1) is 6.54 Å². The summed E-state index contributed by atoms with van der Waals surface area (Å²) in [6, 6.07) is 8.21. The van der Waals surface area contributed by atoms with Gasteiger partial charge >= 0.3 is 0 Å². The van der Waals surface area contributed by atoms with Gasteiger partial charge in [-0.15, -0.1) is 0 Å². The van der Waals surface area contributed by atoms with E-state index in [4.69, 9.17) is 16.6 Å². The number of guanidine groups is 1. The maximum Gasteiger partial charge on any atom is 0.222 e. The Kier molecular flexibility index (Phi) is 7.33. The SMILES string of the molecule is CCNC(=NCC(C)(C)c1cccc(Cl)c1)NC1CCN(C(=O)CC)C1. The van der Waals surface area contributed by atoms with Gasteiger partial charge in [0.2, 0.25) is 5.91 Å². The Labute approximate surface area is 162 Å². The largest absolute Gasteiger partial charge is 0.357 e. The van der Waals surface area contributed by atoms with Crippen LogP contribution in [0.1, 0.15) is 46.1 Å². The third-order valence-electron chi connectivity index (χ3n) is 4.77. The van der Waals surface area contributed by atoms with E-state index in [-0.39, 0.29) is 17.4 Å². The normalized spacial score (nSPS) is 18.1. The van der Waals surface area contributed by atoms with Crippen LogP contribution in [0, 0.1) is 0 Å². The van der Waals surface area contributed by atoms with Crippen molar-refractivity contribution in [3.63, 3.8) is 0 Å². The predicted octanol–water partition coefficient (Wildman–Crippen LogP) is 3.18. The minimum absolute atomic E-state index is 0.118. The van der Waals surface area contributed by atoms with Gasteiger partial charge in [-0.05, 0) is 31.0 Å². The maximum atomic E-state index is 11.9. The first-order valence-corrected chi connectivity index (χ1v) is 9.82. The van der Waals surface area contributed by atoms with E-state index in [0.717, 1.165) is 37.0 Å². The number of carbonyl (C=O) groups excluding carboxylic acids is 1. The highest BCUT2D eigenvalue weighted by Gasteiger charge is 2.26. The topological polar surface area (TPSA) is 56.7 Å². The van der Waals surface area contributed by atoms with Crippen LogP contribution in [0.25, 0.3) is 0 Å². The number of carbonyl (C=O) groups is 1. The molecule has 1 aromatic rings. The Balaban J connectivity index is 2.01. The van der Waals surface area contributed by atoms with Crippen molar-refractivity contribution < 1.29 is 4.79 Å². The third-order valence-corrected chi connectivity index (χ3v) is 5.00. The standard InChI is InChI=1S/C20H31ClN4O/c1-5-18(26)25-11-10-17(13-25)24-19(22-6-2)23-14-20(3,4)15-8-7-9-16(21)12-15/h7-9,12,17H,5-6,10-11,13-14H2,1-4H3,(H2,22,23,24). The number of hydrogen-bond acceptors (Lipinski definition) is 2. The molecular formula is C20H31ClN4O. The number of nitrogens with zero attached hydrogens (tertiary/aromatic N) is 2. The molecule has 1 aromatic carbocycles. The molecule has 0 radical (unpaired) electrons. The van der Waals surface area contributed by atoms with Crippen LogP contribution in [0.4, 0.5) is 0 Å². The van der Waals surface area contributed by atoms with E-state index in [2.05, 4.69) is 37.5 Å². The molecule has 1 aliphatic rings. The van der Waals surface area contributed by atoms with Crippen LogP contribution in [0.15, 0.2) is 29.3 Å². The lowest BCUT2D eigenvalue weighted by Gasteiger charge is -2.25. The van der Waals surface area contributed by atoms with E-state index in [1.54, 1.807) is 0 Å². The number of benzene rings is 1. The highest BCUT2D eigenvalue weighted by Crippen LogP contribution is 2.25. The molecule has 1 fully saturated rings. The fourth-order valence-electron chi connectivity index (χ4n) is 3.12. The van der Waals surface area contributed by atoms with E-state index in [0.29, 0.717) is 13.0 Å². The smallest absolute Gasteiger partial charge is 0.222 e. The van der Waals surface area contributed by atoms with Gasteiger partial charge in [0.25, 0.3) is 0 Å². The average molecular weight is 379 g/mol. The molecule has 1 amide bonds. The highest BCUT2D eigenvalue weighted by molar-refractivity contribution is 6.30. The number of halogens is 1. The molecule has 1 saturated heterocycles. The molecule has 0 bridgehead atoms. The number of amides is 1. The van der Waals surface area contributed by atoms with Gasteiger partial charge in [0.1, 0.15) is 0 Å². The third kappa shape index (κ3) is 5.63. The van der Waals surface area contributed by atoms with Crippen LogP contribution in [0.3, 0.4) is 0 Å². The Morgan fingerprint density at radius 1 is 1.38 bits per heavy atom. The number of aliphatic imine (C=N–C) groups is 1. The van der Waals surface area contributed by atoms with Crippen molar-refractivity contribution in [2.45, 2.75) is 52.0 Å². The lowest BCUT2D eigenvalue weighted by molar-refractivity contribution is -0.129. The van der Waals surface area contributed by atoms with E-state index in [1.165, 1.54) is 5.56 Å². The van der Waals surface area contributed by atoms with Crippen molar-refractivity contribution in [2.75, 3.05) is 26.2 Å². The first-order valence-electron chi connectivity index (χ1n) is 9.44. The zero-order valence-corrected chi connectivity index (χ0v) is 17.1. The van der Waals surface area contributed by atoms with E-state index in [1.807, 2.05) is 30.0 Å². The molecule has 2 rings (SSSR count). The predicted molar refractivity (Wildman–Crippen MR) is 109 cm³/mol. The molecular weight excluding hydrogens is 348 g/mol. The number of likely N-dealkylation sites (tertiary alicyclic amines) is 1. The molecule has 1 unspecified atom stereocenters. The van der Waals surface area contributed by atoms with Gasteiger partial charge in [-0.25, -0.2) is 0 Å². The van der Waals surface area contributed by atoms with Crippen molar-refractivity contribution >= 4 is 23.5 Å². The van der Waals surface area contributed by atoms with Gasteiger partial charge in [0, 0.05) is 42.5 Å². The zero-order valence-electron chi connectivity index (χ0n) is 16.3. The number of rotatable bonds is 6. The lowest BCUT2D eigenvalue weighted by atomic mass is 9.85. The summed E-state index contributed by atoms with van der Waals surface area (Å²) in [6.45, 7) is 11.3. The molecule has 0 spiro atoms. The zero-order chi connectivity index (χ0) is 19.2. The van der Waals surface area contributed by atoms with Crippen LogP contribution >= 0.6 is 11.6 Å². The second-order valence-electron chi connectivity index (χ2n) is 7.41. The van der Waals surface area contributed by atoms with Crippen molar-refractivity contribution in [1.29, 1.82) is 0 Å². The Morgan fingerprint density at radius 3 is 2.81 bits per heavy atom. The summed E-state index contributed by atoms with van der Waals surface area (Å²) in [5.41, 5.74) is 1.05. The molecule has 2 N–H and O–H groups in total. The Hall–Kier alpha value is -1.75. The van der Waals surface area contributed by atoms with Gasteiger partial charge in [-0.2, -0.15) is 0 Å². The van der Waals surface area contributed by atoms with E-state index in [9.17, 15) is 4.79 Å². The molecule has 144 valence electrons. The average Bonchev–Trinajstić information content (AvgIpc) is 3.08. The summed E-state index contributed by atoms with van der Waals surface area (Å²) in [4.78, 5) is 18.6. The van der Waals surface area contributed by atoms with Crippen molar-refractivity contribution in [3.8, 4) is 0 Å². The second kappa shape index (κ2) is 9.26. The molecule has 1 aliphatic heterocycles. The molecule has 1 atom stereocenters. The summed E-state index contributed by atoms with van der Waals surface area (Å²) in [7, 11) is 0. The molecule has 0 saturated carbocycles. The fourth-order valence-corrected chi connectivity index (χ4v) is 3.31. The van der Waals surface area contributed by atoms with Gasteiger partial charge in [-0.1, -0.05) is 44.5 Å². The molecule has 5 nitrogen and oxygen atoms in total. The van der Waals surface area contributed by atoms with E-state index >= 15 is 0 Å². The molecule has 26 heavy (non-hydrogen) atoms. The van der Waals surface area contributed by atoms with Crippen LogP contribution in [0.5, 0.6) is 0 Å². The highest BCUT2D eigenvalue weighted by atomic mass is 35.5. The first kappa shape index (κ1) is 20.6. The van der Waals surface area contributed by atoms with Crippen LogP contribution in [-0.4, -0.2) is 49.0 Å². The molecule has 0 aliphatic carbocycles. The number of hydrogen-bond donors (Lipinski definition) is 2. The summed E-state index contributed by atoms with van der Waals surface area (Å²) >= 11 is 6.14. The van der Waals surface area contributed by atoms with E-state index < -0.39 is 0 Å². The van der Waals surface area contributed by atoms with Gasteiger partial charge in [-0.3, -0.25) is 9.79 Å². The van der Waals surface area contributed by atoms with Crippen molar-refractivity contribution in [1.82, 2.24) is 15.5 Å². The molecule has 6 heteroatoms. The molecule has 1 heterocycles. The van der Waals surface area contributed by atoms with Gasteiger partial charge < -0.3 is 15.5 Å². The Morgan fingerprint density at radius 2 is 2.15 bits per heavy atom. The second-order valence-corrected chi connectivity index (χ2v) is 7.85. The first-order chi connectivity index (χ1) is 12.4. The van der Waals surface area contributed by atoms with Crippen LogP contribution < -0.4 is 10.6 Å². The van der Waals surface area contributed by atoms with Gasteiger partial charge in [0.15, 0.2) is 5.96 Å². The Bertz CT molecular complexity index is 644. The number of nitrogens with one attached hydrogen (secondary N) is 2. The molecule has 0 aromatic heterocycles. The van der Waals surface area contributed by atoms with Crippen molar-refractivity contribution in [3.05, 3.63) is 34.9 Å². The fraction of sp³-hybridized carbons (Fsp3) is 0.600. The summed E-state index contributed by atoms with van der Waals surface area (Å²) < 4.78 is 0. The summed E-state index contributed by atoms with van der Waals surface area (Å²) in [5.74, 6) is 1.02. The van der Waals surface area contributed by atoms with Crippen LogP contribution in [-0.2, 0) is 10.2 Å².